The Morgan fingerprint density at radius 3 is 2.48 bits per heavy atom. The maximum Gasteiger partial charge on any atom is 1.00 e. The van der Waals surface area contributed by atoms with Crippen molar-refractivity contribution in [3.05, 3.63) is 12.7 Å². The normalized spacial score (nSPS) is 24.9. The predicted octanol–water partition coefficient (Wildman–Crippen LogP) is -9.00. The first-order chi connectivity index (χ1) is 12.5. The number of aliphatic hydroxyl groups excluding tert-OH is 1. The fraction of sp³-hybridized carbons (Fsp3) is 0.500. The summed E-state index contributed by atoms with van der Waals surface area (Å²) in [6.45, 7) is -0.938. The molecule has 1 aliphatic heterocycles. The average Bonchev–Trinajstić information content (AvgIpc) is 3.07. The van der Waals surface area contributed by atoms with E-state index in [1.807, 2.05) is 0 Å². The van der Waals surface area contributed by atoms with Crippen molar-refractivity contribution >= 4 is 32.6 Å². The van der Waals surface area contributed by atoms with Gasteiger partial charge in [-0.2, -0.15) is 0 Å². The first-order valence-electron chi connectivity index (χ1n) is 7.13. The van der Waals surface area contributed by atoms with E-state index in [1.54, 1.807) is 0 Å². The Morgan fingerprint density at radius 2 is 1.90 bits per heavy atom. The van der Waals surface area contributed by atoms with Gasteiger partial charge in [0, 0.05) is 0 Å². The summed E-state index contributed by atoms with van der Waals surface area (Å²) in [5, 5.41) is 10.4. The van der Waals surface area contributed by atoms with E-state index in [2.05, 4.69) is 24.0 Å². The van der Waals surface area contributed by atoms with Gasteiger partial charge in [-0.3, -0.25) is 9.09 Å². The van der Waals surface area contributed by atoms with E-state index < -0.39 is 46.8 Å². The Hall–Kier alpha value is 0.490. The number of ether oxygens (including phenoxy) is 1. The van der Waals surface area contributed by atoms with Crippen LogP contribution in [0.25, 0.3) is 11.2 Å². The standard InChI is InChI=1S/C10H15N5O10P2.2Na/c11-8-5-9(13-2-12-8)15(3-14-5)10-6(16)7(25-27(20,21)22)4(24-10)1-23-26(17,18)19;;/h2-4,6-7,10,16H,1H2,(H2,11,12,13)(H2,17,18,19)(H2,20,21,22);;/q;2*+1/p-2/t4-,6-,7-,10-;;/m1../s1. The van der Waals surface area contributed by atoms with Gasteiger partial charge in [0.2, 0.25) is 0 Å². The van der Waals surface area contributed by atoms with Crippen molar-refractivity contribution in [2.45, 2.75) is 24.5 Å². The van der Waals surface area contributed by atoms with Gasteiger partial charge in [0.25, 0.3) is 0 Å². The zero-order valence-electron chi connectivity index (χ0n) is 15.1. The molecule has 0 amide bonds. The summed E-state index contributed by atoms with van der Waals surface area (Å²) in [6.07, 6.45) is -4.01. The van der Waals surface area contributed by atoms with Gasteiger partial charge in [-0.25, -0.2) is 19.5 Å². The Morgan fingerprint density at radius 1 is 1.24 bits per heavy atom. The van der Waals surface area contributed by atoms with Crippen LogP contribution in [-0.2, 0) is 22.9 Å². The van der Waals surface area contributed by atoms with E-state index in [1.165, 1.54) is 10.9 Å². The first kappa shape index (κ1) is 27.5. The third-order valence-corrected chi connectivity index (χ3v) is 4.61. The molecule has 0 saturated carbocycles. The summed E-state index contributed by atoms with van der Waals surface area (Å²) in [5.74, 6) is 0.0350. The quantitative estimate of drug-likeness (QED) is 0.226. The molecule has 4 atom stereocenters. The van der Waals surface area contributed by atoms with Gasteiger partial charge >= 0.3 is 66.9 Å². The van der Waals surface area contributed by atoms with Crippen molar-refractivity contribution in [1.29, 1.82) is 0 Å². The molecule has 1 saturated heterocycles. The molecule has 1 fully saturated rings. The van der Waals surface area contributed by atoms with Crippen molar-refractivity contribution in [3.8, 4) is 0 Å². The van der Waals surface area contributed by atoms with E-state index >= 15 is 0 Å². The van der Waals surface area contributed by atoms with Gasteiger partial charge in [-0.05, 0) is 0 Å². The summed E-state index contributed by atoms with van der Waals surface area (Å²) in [5.41, 5.74) is 5.95. The Kier molecular flexibility index (Phi) is 9.87. The van der Waals surface area contributed by atoms with Gasteiger partial charge in [0.15, 0.2) is 17.7 Å². The van der Waals surface area contributed by atoms with Gasteiger partial charge in [-0.15, -0.1) is 0 Å². The molecule has 3 heterocycles. The molecule has 0 unspecified atom stereocenters. The van der Waals surface area contributed by atoms with Crippen LogP contribution in [0.15, 0.2) is 12.7 Å². The molecule has 19 heteroatoms. The van der Waals surface area contributed by atoms with Crippen LogP contribution in [0.4, 0.5) is 5.82 Å². The summed E-state index contributed by atoms with van der Waals surface area (Å²) < 4.78 is 37.0. The Balaban J connectivity index is 0.00000210. The molecule has 150 valence electrons. The molecule has 15 nitrogen and oxygen atoms in total. The molecule has 2 aromatic rings. The van der Waals surface area contributed by atoms with Crippen molar-refractivity contribution in [2.75, 3.05) is 12.3 Å². The zero-order valence-corrected chi connectivity index (χ0v) is 20.9. The number of nitrogens with two attached hydrogens (primary N) is 1. The second-order valence-corrected chi connectivity index (χ2v) is 7.79. The van der Waals surface area contributed by atoms with E-state index in [0.717, 1.165) is 6.33 Å². The number of nitrogen functional groups attached to an aromatic ring is 1. The molecule has 0 aromatic carbocycles. The number of anilines is 1. The second kappa shape index (κ2) is 10.4. The molecule has 0 radical (unpaired) electrons. The van der Waals surface area contributed by atoms with Gasteiger partial charge in [0.1, 0.15) is 30.2 Å². The number of nitrogens with zero attached hydrogens (tertiary/aromatic N) is 4. The zero-order chi connectivity index (χ0) is 20.0. The number of rotatable bonds is 6. The van der Waals surface area contributed by atoms with Crippen LogP contribution in [0.5, 0.6) is 0 Å². The van der Waals surface area contributed by atoms with Crippen LogP contribution in [0.1, 0.15) is 6.23 Å². The third kappa shape index (κ3) is 6.73. The Labute approximate surface area is 207 Å². The molecule has 5 N–H and O–H groups in total. The molecule has 29 heavy (non-hydrogen) atoms. The Bertz CT molecular complexity index is 937. The monoisotopic (exact) mass is 471 g/mol. The fourth-order valence-electron chi connectivity index (χ4n) is 2.59. The number of aromatic nitrogens is 4. The van der Waals surface area contributed by atoms with E-state index in [0.29, 0.717) is 0 Å². The summed E-state index contributed by atoms with van der Waals surface area (Å²) in [7, 11) is -10.5. The topological polar surface area (TPSA) is 238 Å². The minimum Gasteiger partial charge on any atom is -0.790 e. The third-order valence-electron chi connectivity index (χ3n) is 3.63. The molecule has 1 aliphatic rings. The van der Waals surface area contributed by atoms with Crippen LogP contribution in [0, 0.1) is 0 Å². The number of hydrogen-bond donors (Lipinski definition) is 4. The minimum atomic E-state index is -5.41. The number of phosphoric ester groups is 2. The molecule has 0 aliphatic carbocycles. The second-order valence-electron chi connectivity index (χ2n) is 5.44. The number of aliphatic hydroxyl groups is 1. The number of fused-ring (bicyclic) bond motifs is 1. The van der Waals surface area contributed by atoms with Crippen LogP contribution in [-0.4, -0.2) is 59.3 Å². The maximum absolute atomic E-state index is 11.2. The molecule has 3 rings (SSSR count). The maximum atomic E-state index is 11.2. The summed E-state index contributed by atoms with van der Waals surface area (Å²) >= 11 is 0. The van der Waals surface area contributed by atoms with E-state index in [-0.39, 0.29) is 76.1 Å². The van der Waals surface area contributed by atoms with Crippen LogP contribution < -0.4 is 74.6 Å². The van der Waals surface area contributed by atoms with Crippen molar-refractivity contribution in [1.82, 2.24) is 19.5 Å². The SMILES string of the molecule is Nc1ncnc2c1ncn2[C@@H]1O[C@H](COP(=O)([O-])[O-])[C@@H](OP(=O)(O)O)[C@H]1O.[Na+].[Na+]. The molecule has 2 aromatic heterocycles. The van der Waals surface area contributed by atoms with E-state index in [4.69, 9.17) is 20.3 Å². The van der Waals surface area contributed by atoms with Crippen molar-refractivity contribution in [3.63, 3.8) is 0 Å². The number of hydrogen-bond acceptors (Lipinski definition) is 12. The molecular weight excluding hydrogens is 458 g/mol. The van der Waals surface area contributed by atoms with Crippen molar-refractivity contribution in [2.24, 2.45) is 0 Å². The average molecular weight is 471 g/mol. The number of phosphoric acid groups is 2. The molecule has 0 bridgehead atoms. The summed E-state index contributed by atoms with van der Waals surface area (Å²) in [4.78, 5) is 51.0. The fourth-order valence-corrected chi connectivity index (χ4v) is 3.50. The van der Waals surface area contributed by atoms with Crippen LogP contribution in [0.2, 0.25) is 0 Å². The molecular formula is C10H13N5Na2O10P2. The number of imidazole rings is 1. The van der Waals surface area contributed by atoms with Gasteiger partial charge < -0.3 is 44.2 Å². The first-order valence-corrected chi connectivity index (χ1v) is 10.1. The minimum absolute atomic E-state index is 0. The predicted molar refractivity (Wildman–Crippen MR) is 80.1 cm³/mol. The van der Waals surface area contributed by atoms with Gasteiger partial charge in [0.05, 0.1) is 20.8 Å². The molecule has 0 spiro atoms. The van der Waals surface area contributed by atoms with Crippen LogP contribution in [0.3, 0.4) is 0 Å². The van der Waals surface area contributed by atoms with Crippen LogP contribution >= 0.6 is 15.6 Å². The van der Waals surface area contributed by atoms with E-state index in [9.17, 15) is 24.0 Å². The smallest absolute Gasteiger partial charge is 0.790 e. The summed E-state index contributed by atoms with van der Waals surface area (Å²) in [6, 6.07) is 0. The van der Waals surface area contributed by atoms with Crippen molar-refractivity contribution < 1.29 is 107 Å². The van der Waals surface area contributed by atoms with Gasteiger partial charge in [-0.1, -0.05) is 0 Å². The largest absolute Gasteiger partial charge is 1.00 e.